The van der Waals surface area contributed by atoms with Crippen molar-refractivity contribution in [1.82, 2.24) is 10.2 Å². The first-order valence-electron chi connectivity index (χ1n) is 12.6. The maximum absolute atomic E-state index is 13.3. The molecule has 2 N–H and O–H groups in total. The van der Waals surface area contributed by atoms with Gasteiger partial charge in [-0.25, -0.2) is 9.59 Å². The van der Waals surface area contributed by atoms with Crippen LogP contribution in [0.2, 0.25) is 0 Å². The van der Waals surface area contributed by atoms with Gasteiger partial charge in [-0.2, -0.15) is 0 Å². The van der Waals surface area contributed by atoms with Gasteiger partial charge < -0.3 is 39.2 Å². The Morgan fingerprint density at radius 3 is 2.42 bits per heavy atom. The number of benzene rings is 2. The fraction of sp³-hybridized carbons (Fsp3) is 0.321. The van der Waals surface area contributed by atoms with E-state index in [9.17, 15) is 14.4 Å². The minimum atomic E-state index is -0.648. The van der Waals surface area contributed by atoms with Gasteiger partial charge in [0.15, 0.2) is 11.5 Å². The molecule has 210 valence electrons. The molecular weight excluding hydrogens is 538 g/mol. The third-order valence-electron chi connectivity index (χ3n) is 6.69. The fourth-order valence-electron chi connectivity index (χ4n) is 4.81. The molecule has 2 amide bonds. The van der Waals surface area contributed by atoms with Crippen molar-refractivity contribution in [3.8, 4) is 23.0 Å². The number of methoxy groups -OCH3 is 3. The molecule has 1 atom stereocenters. The van der Waals surface area contributed by atoms with Crippen LogP contribution in [0.3, 0.4) is 0 Å². The van der Waals surface area contributed by atoms with Crippen molar-refractivity contribution in [2.45, 2.75) is 26.1 Å². The molecule has 2 aromatic carbocycles. The van der Waals surface area contributed by atoms with E-state index in [1.54, 1.807) is 36.1 Å². The SMILES string of the molecule is CCOC(=O)N1CCc2c(sc3c2C(=O)N[C@H](c2ccccc2OC(=O)c2cc(OC)c(OC)c(OC)c2)N3)C1. The van der Waals surface area contributed by atoms with E-state index in [1.165, 1.54) is 44.8 Å². The summed E-state index contributed by atoms with van der Waals surface area (Å²) in [6, 6.07) is 9.99. The van der Waals surface area contributed by atoms with E-state index in [0.717, 1.165) is 10.4 Å². The summed E-state index contributed by atoms with van der Waals surface area (Å²) in [5, 5.41) is 7.07. The number of carbonyl (C=O) groups is 3. The van der Waals surface area contributed by atoms with E-state index >= 15 is 0 Å². The van der Waals surface area contributed by atoms with E-state index in [-0.39, 0.29) is 23.3 Å². The zero-order chi connectivity index (χ0) is 28.4. The Morgan fingerprint density at radius 2 is 1.75 bits per heavy atom. The van der Waals surface area contributed by atoms with Gasteiger partial charge >= 0.3 is 12.1 Å². The van der Waals surface area contributed by atoms with Gasteiger partial charge in [-0.3, -0.25) is 4.79 Å². The number of nitrogens with zero attached hydrogens (tertiary/aromatic N) is 1. The monoisotopic (exact) mass is 567 g/mol. The maximum Gasteiger partial charge on any atom is 0.410 e. The lowest BCUT2D eigenvalue weighted by atomic mass is 10.0. The van der Waals surface area contributed by atoms with Crippen LogP contribution >= 0.6 is 11.3 Å². The third kappa shape index (κ3) is 4.97. The molecule has 0 fully saturated rings. The molecule has 0 spiro atoms. The molecule has 40 heavy (non-hydrogen) atoms. The lowest BCUT2D eigenvalue weighted by Crippen LogP contribution is -2.39. The summed E-state index contributed by atoms with van der Waals surface area (Å²) in [4.78, 5) is 41.3. The average molecular weight is 568 g/mol. The van der Waals surface area contributed by atoms with E-state index < -0.39 is 12.1 Å². The van der Waals surface area contributed by atoms with E-state index in [2.05, 4.69) is 10.6 Å². The quantitative estimate of drug-likeness (QED) is 0.316. The van der Waals surface area contributed by atoms with Gasteiger partial charge in [0.05, 0.1) is 45.6 Å². The van der Waals surface area contributed by atoms with E-state index in [4.69, 9.17) is 23.7 Å². The summed E-state index contributed by atoms with van der Waals surface area (Å²) >= 11 is 1.44. The highest BCUT2D eigenvalue weighted by atomic mass is 32.1. The Kier molecular flexibility index (Phi) is 7.69. The fourth-order valence-corrected chi connectivity index (χ4v) is 6.10. The number of hydrogen-bond donors (Lipinski definition) is 2. The highest BCUT2D eigenvalue weighted by Gasteiger charge is 2.35. The number of fused-ring (bicyclic) bond motifs is 3. The summed E-state index contributed by atoms with van der Waals surface area (Å²) in [6.45, 7) is 2.93. The zero-order valence-electron chi connectivity index (χ0n) is 22.5. The van der Waals surface area contributed by atoms with Crippen molar-refractivity contribution < 1.29 is 38.1 Å². The third-order valence-corrected chi connectivity index (χ3v) is 7.84. The number of para-hydroxylation sites is 1. The average Bonchev–Trinajstić information content (AvgIpc) is 3.34. The van der Waals surface area contributed by atoms with Crippen molar-refractivity contribution >= 4 is 34.3 Å². The summed E-state index contributed by atoms with van der Waals surface area (Å²) in [6.07, 6.45) is -0.453. The van der Waals surface area contributed by atoms with Gasteiger partial charge in [0.1, 0.15) is 16.9 Å². The number of esters is 1. The molecule has 1 aromatic heterocycles. The maximum atomic E-state index is 13.3. The predicted molar refractivity (Wildman–Crippen MR) is 147 cm³/mol. The second-order valence-electron chi connectivity index (χ2n) is 8.97. The van der Waals surface area contributed by atoms with Crippen LogP contribution in [-0.4, -0.2) is 57.4 Å². The lowest BCUT2D eigenvalue weighted by molar-refractivity contribution is 0.0731. The van der Waals surface area contributed by atoms with Crippen molar-refractivity contribution in [3.05, 3.63) is 63.5 Å². The number of carbonyl (C=O) groups excluding carboxylic acids is 3. The topological polar surface area (TPSA) is 125 Å². The molecule has 0 bridgehead atoms. The summed E-state index contributed by atoms with van der Waals surface area (Å²) in [7, 11) is 4.40. The Labute approximate surface area is 234 Å². The highest BCUT2D eigenvalue weighted by Crippen LogP contribution is 2.42. The number of anilines is 1. The molecule has 3 aromatic rings. The van der Waals surface area contributed by atoms with Gasteiger partial charge in [0, 0.05) is 17.0 Å². The van der Waals surface area contributed by atoms with Crippen LogP contribution in [0.15, 0.2) is 36.4 Å². The number of hydrogen-bond acceptors (Lipinski definition) is 10. The lowest BCUT2D eigenvalue weighted by Gasteiger charge is -2.28. The van der Waals surface area contributed by atoms with Gasteiger partial charge in [0.25, 0.3) is 5.91 Å². The Balaban J connectivity index is 1.39. The summed E-state index contributed by atoms with van der Waals surface area (Å²) in [5.74, 6) is 0.401. The molecule has 0 radical (unpaired) electrons. The molecule has 2 aliphatic heterocycles. The minimum absolute atomic E-state index is 0.198. The number of rotatable bonds is 7. The van der Waals surface area contributed by atoms with Crippen molar-refractivity contribution in [3.63, 3.8) is 0 Å². The smallest absolute Gasteiger partial charge is 0.410 e. The van der Waals surface area contributed by atoms with Crippen LogP contribution in [-0.2, 0) is 17.7 Å². The minimum Gasteiger partial charge on any atom is -0.493 e. The van der Waals surface area contributed by atoms with Gasteiger partial charge in [0.2, 0.25) is 5.75 Å². The number of thiophene rings is 1. The second kappa shape index (κ2) is 11.3. The molecule has 11 nitrogen and oxygen atoms in total. The molecule has 0 unspecified atom stereocenters. The highest BCUT2D eigenvalue weighted by molar-refractivity contribution is 7.16. The van der Waals surface area contributed by atoms with Gasteiger partial charge in [-0.1, -0.05) is 18.2 Å². The molecule has 3 heterocycles. The summed E-state index contributed by atoms with van der Waals surface area (Å²) < 4.78 is 27.0. The molecule has 0 aliphatic carbocycles. The Bertz CT molecular complexity index is 1440. The van der Waals surface area contributed by atoms with Crippen LogP contribution in [0, 0.1) is 0 Å². The Hall–Kier alpha value is -4.45. The largest absolute Gasteiger partial charge is 0.493 e. The molecular formula is C28H29N3O8S. The molecule has 5 rings (SSSR count). The van der Waals surface area contributed by atoms with E-state index in [1.807, 2.05) is 0 Å². The predicted octanol–water partition coefficient (Wildman–Crippen LogP) is 4.36. The zero-order valence-corrected chi connectivity index (χ0v) is 23.3. The first-order chi connectivity index (χ1) is 19.4. The Morgan fingerprint density at radius 1 is 1.02 bits per heavy atom. The summed E-state index contributed by atoms with van der Waals surface area (Å²) in [5.41, 5.74) is 2.30. The van der Waals surface area contributed by atoms with Gasteiger partial charge in [-0.15, -0.1) is 11.3 Å². The molecule has 2 aliphatic rings. The molecule has 0 saturated carbocycles. The number of amides is 2. The van der Waals surface area contributed by atoms with Crippen molar-refractivity contribution in [2.75, 3.05) is 39.8 Å². The second-order valence-corrected chi connectivity index (χ2v) is 10.1. The van der Waals surface area contributed by atoms with Crippen LogP contribution in [0.5, 0.6) is 23.0 Å². The number of ether oxygens (including phenoxy) is 5. The van der Waals surface area contributed by atoms with Crippen molar-refractivity contribution in [1.29, 1.82) is 0 Å². The van der Waals surface area contributed by atoms with E-state index in [0.29, 0.717) is 59.5 Å². The van der Waals surface area contributed by atoms with Crippen LogP contribution in [0.4, 0.5) is 9.80 Å². The first-order valence-corrected chi connectivity index (χ1v) is 13.4. The molecule has 0 saturated heterocycles. The van der Waals surface area contributed by atoms with Gasteiger partial charge in [-0.05, 0) is 37.1 Å². The van der Waals surface area contributed by atoms with Crippen molar-refractivity contribution in [2.24, 2.45) is 0 Å². The van der Waals surface area contributed by atoms with Crippen LogP contribution in [0.1, 0.15) is 49.8 Å². The van der Waals surface area contributed by atoms with Crippen LogP contribution < -0.4 is 29.6 Å². The van der Waals surface area contributed by atoms with Crippen LogP contribution in [0.25, 0.3) is 0 Å². The normalized spacial score (nSPS) is 15.7. The standard InChI is InChI=1S/C28H29N3O8S/c1-5-38-28(34)31-11-10-17-21(14-31)40-26-22(17)25(32)29-24(30-26)16-8-6-7-9-18(16)39-27(33)15-12-19(35-2)23(37-4)20(13-15)36-3/h6-9,12-13,24,30H,5,10-11,14H2,1-4H3,(H,29,32)/t24-/m0/s1. The first kappa shape index (κ1) is 27.1. The molecule has 12 heteroatoms. The number of nitrogens with one attached hydrogen (secondary N) is 2.